The molecule has 1 heterocycles. The predicted octanol–water partition coefficient (Wildman–Crippen LogP) is 16.0. The van der Waals surface area contributed by atoms with Crippen molar-refractivity contribution in [1.82, 2.24) is 0 Å². The third-order valence-corrected chi connectivity index (χ3v) is 27.6. The molecule has 1 fully saturated rings. The second kappa shape index (κ2) is 21.4. The third kappa shape index (κ3) is 12.8. The molecule has 4 atom stereocenters. The molecule has 1 saturated carbocycles. The fraction of sp³-hybridized carbons (Fsp3) is 0.321. The zero-order valence-electron chi connectivity index (χ0n) is 37.3. The van der Waals surface area contributed by atoms with Crippen LogP contribution in [0.3, 0.4) is 0 Å². The molecule has 0 radical (unpaired) electrons. The Labute approximate surface area is 378 Å². The van der Waals surface area contributed by atoms with Crippen LogP contribution in [-0.4, -0.2) is 20.7 Å². The number of phenols is 2. The molecule has 0 saturated heterocycles. The van der Waals surface area contributed by atoms with Crippen molar-refractivity contribution in [2.75, 3.05) is 0 Å². The van der Waals surface area contributed by atoms with Gasteiger partial charge < -0.3 is 0 Å². The van der Waals surface area contributed by atoms with Crippen LogP contribution in [0.5, 0.6) is 11.5 Å². The first kappa shape index (κ1) is 46.6. The van der Waals surface area contributed by atoms with Gasteiger partial charge in [0.1, 0.15) is 0 Å². The molecule has 0 spiro atoms. The zero-order valence-corrected chi connectivity index (χ0v) is 40.5. The molecule has 1 aliphatic heterocycles. The van der Waals surface area contributed by atoms with Crippen molar-refractivity contribution >= 4 is 15.9 Å². The molecule has 2 N–H and O–H groups in total. The van der Waals surface area contributed by atoms with Gasteiger partial charge in [-0.15, -0.1) is 24.3 Å². The van der Waals surface area contributed by atoms with E-state index in [-0.39, 0.29) is 26.3 Å². The monoisotopic (exact) mass is 882 g/mol. The summed E-state index contributed by atoms with van der Waals surface area (Å²) in [5, 5.41) is 25.2. The number of rotatable bonds is 6. The molecule has 2 aliphatic rings. The summed E-state index contributed by atoms with van der Waals surface area (Å²) in [6, 6.07) is 49.7. The molecule has 8 rings (SSSR count). The normalized spacial score (nSPS) is 18.7. The minimum absolute atomic E-state index is 0.000167. The van der Waals surface area contributed by atoms with E-state index < -0.39 is 0 Å². The Bertz CT molecular complexity index is 2240. The van der Waals surface area contributed by atoms with Gasteiger partial charge in [0.25, 0.3) is 0 Å². The van der Waals surface area contributed by atoms with Gasteiger partial charge in [-0.05, 0) is 0 Å². The second-order valence-electron chi connectivity index (χ2n) is 18.6. The average Bonchev–Trinajstić information content (AvgIpc) is 3.53. The molecule has 0 amide bonds. The smallest absolute Gasteiger partial charge is 0.0866 e. The van der Waals surface area contributed by atoms with E-state index in [1.54, 1.807) is 0 Å². The molecule has 0 bridgehead atoms. The van der Waals surface area contributed by atoms with E-state index in [1.807, 2.05) is 72.8 Å². The summed E-state index contributed by atoms with van der Waals surface area (Å²) < 4.78 is 0. The maximum absolute atomic E-state index is 11.9. The van der Waals surface area contributed by atoms with Crippen LogP contribution in [0.1, 0.15) is 113 Å². The molecule has 1 aliphatic carbocycles. The number of fused-ring (bicyclic) bond motifs is 1. The predicted molar refractivity (Wildman–Crippen MR) is 264 cm³/mol. The van der Waals surface area contributed by atoms with Crippen LogP contribution in [0.15, 0.2) is 146 Å². The molecule has 2 unspecified atom stereocenters. The summed E-state index contributed by atoms with van der Waals surface area (Å²) in [5.41, 5.74) is 11.2. The van der Waals surface area contributed by atoms with Gasteiger partial charge in [-0.3, -0.25) is 0 Å². The standard InChI is InChI=1S/C42H52O2S2.2C7H7.Ti/c1-41(2,3)33-23-31(39(43)35(25-33)29-17-11-9-12-18-29)27-45-37-21-15-7-8-16-22-38(37)46-28-32-24-34(42(4,5)6)26-36(40(32)44)30-19-13-10-14-20-30;2*1-7-5-3-2-4-6-7;/h9-14,17-20,23-26,37-38,43-44H,7-8,15-16,21-22,27-28H2,1-6H3;2*2-6H,1H2;/q;2*-1;/t37-,38?;;;/m0.../s1. The van der Waals surface area contributed by atoms with E-state index in [9.17, 15) is 10.2 Å². The van der Waals surface area contributed by atoms with Crippen molar-refractivity contribution in [3.05, 3.63) is 193 Å². The zero-order chi connectivity index (χ0) is 43.6. The molecule has 5 heteroatoms. The van der Waals surface area contributed by atoms with E-state index in [0.717, 1.165) is 66.5 Å². The third-order valence-electron chi connectivity index (χ3n) is 11.7. The number of hydrogen-bond acceptors (Lipinski definition) is 2. The van der Waals surface area contributed by atoms with Gasteiger partial charge in [0.15, 0.2) is 0 Å². The molecular formula is C56H66O2S2Ti-2. The Kier molecular flexibility index (Phi) is 16.4. The summed E-state index contributed by atoms with van der Waals surface area (Å²) in [6.45, 7) is 21.2. The topological polar surface area (TPSA) is 40.5 Å². The summed E-state index contributed by atoms with van der Waals surface area (Å²) in [7, 11) is 0.596. The number of phenolic OH excluding ortho intramolecular Hbond substituents is 2. The Morgan fingerprint density at radius 2 is 0.820 bits per heavy atom. The van der Waals surface area contributed by atoms with E-state index in [1.165, 1.54) is 49.7 Å². The maximum Gasteiger partial charge on any atom is -0.0866 e. The van der Waals surface area contributed by atoms with Crippen LogP contribution in [-0.2, 0) is 37.8 Å². The Balaban J connectivity index is 0.000000375. The quantitative estimate of drug-likeness (QED) is 0.129. The molecule has 6 aromatic rings. The van der Waals surface area contributed by atoms with Crippen LogP contribution in [0, 0.1) is 13.8 Å². The minimum atomic E-state index is -0.299. The van der Waals surface area contributed by atoms with Crippen molar-refractivity contribution < 1.29 is 25.7 Å². The van der Waals surface area contributed by atoms with Crippen LogP contribution < -0.4 is 0 Å². The molecular weight excluding hydrogens is 817 g/mol. The SMILES string of the molecule is CC(C)(C)c1cc(C[S]2=[Ti]=[S@@](Cc3cc(C(C)(C)C)cc(-c4ccccc4)c3O)C3CCCCCC[C@@H]32)c(O)c(-c2ccccc2)c1.[CH2-]c1ccccc1.[CH2-]c1ccccc1. The largest absolute Gasteiger partial charge is 0.199 e. The fourth-order valence-electron chi connectivity index (χ4n) is 8.04. The first-order chi connectivity index (χ1) is 29.2. The van der Waals surface area contributed by atoms with Gasteiger partial charge in [0, 0.05) is 0 Å². The van der Waals surface area contributed by atoms with Crippen LogP contribution in [0.25, 0.3) is 22.3 Å². The Morgan fingerprint density at radius 1 is 0.492 bits per heavy atom. The van der Waals surface area contributed by atoms with E-state index >= 15 is 0 Å². The van der Waals surface area contributed by atoms with Crippen molar-refractivity contribution in [3.8, 4) is 33.8 Å². The number of hydrogen-bond donors (Lipinski definition) is 2. The van der Waals surface area contributed by atoms with Crippen molar-refractivity contribution in [1.29, 1.82) is 0 Å². The summed E-state index contributed by atoms with van der Waals surface area (Å²) in [4.78, 5) is 0. The van der Waals surface area contributed by atoms with E-state index in [4.69, 9.17) is 0 Å². The van der Waals surface area contributed by atoms with Gasteiger partial charge in [-0.25, -0.2) is 0 Å². The van der Waals surface area contributed by atoms with Gasteiger partial charge in [0.05, 0.1) is 0 Å². The Hall–Kier alpha value is -3.93. The van der Waals surface area contributed by atoms with Gasteiger partial charge in [0.2, 0.25) is 0 Å². The molecule has 2 nitrogen and oxygen atoms in total. The van der Waals surface area contributed by atoms with Crippen LogP contribution in [0.4, 0.5) is 0 Å². The van der Waals surface area contributed by atoms with Crippen LogP contribution >= 0.6 is 15.9 Å². The summed E-state index contributed by atoms with van der Waals surface area (Å²) in [5.74, 6) is 2.98. The number of aromatic hydroxyl groups is 2. The van der Waals surface area contributed by atoms with Gasteiger partial charge in [-0.2, -0.15) is 49.2 Å². The van der Waals surface area contributed by atoms with Gasteiger partial charge in [-0.1, -0.05) is 12.1 Å². The van der Waals surface area contributed by atoms with E-state index in [0.29, 0.717) is 27.4 Å². The van der Waals surface area contributed by atoms with Crippen LogP contribution in [0.2, 0.25) is 0 Å². The first-order valence-corrected chi connectivity index (χ1v) is 28.7. The maximum atomic E-state index is 11.9. The average molecular weight is 883 g/mol. The Morgan fingerprint density at radius 3 is 1.11 bits per heavy atom. The molecule has 320 valence electrons. The van der Waals surface area contributed by atoms with Crippen molar-refractivity contribution in [2.45, 2.75) is 113 Å². The second-order valence-corrected chi connectivity index (χ2v) is 30.0. The molecule has 6 aromatic carbocycles. The summed E-state index contributed by atoms with van der Waals surface area (Å²) in [6.07, 6.45) is 8.03. The number of benzene rings is 6. The van der Waals surface area contributed by atoms with Gasteiger partial charge >= 0.3 is 295 Å². The first-order valence-electron chi connectivity index (χ1n) is 21.9. The van der Waals surface area contributed by atoms with Crippen molar-refractivity contribution in [3.63, 3.8) is 0 Å². The minimum Gasteiger partial charge on any atom is -0.199 e. The molecule has 0 aromatic heterocycles. The van der Waals surface area contributed by atoms with E-state index in [2.05, 4.69) is 128 Å². The fourth-order valence-corrected chi connectivity index (χ4v) is 28.9. The molecule has 61 heavy (non-hydrogen) atoms. The van der Waals surface area contributed by atoms with Crippen molar-refractivity contribution in [2.24, 2.45) is 0 Å². The summed E-state index contributed by atoms with van der Waals surface area (Å²) >= 11 is -0.299.